The Kier molecular flexibility index (Phi) is 6.11. The third-order valence-electron chi connectivity index (χ3n) is 3.82. The van der Waals surface area contributed by atoms with E-state index >= 15 is 0 Å². The van der Waals surface area contributed by atoms with Gasteiger partial charge in [0.05, 0.1) is 12.2 Å². The highest BCUT2D eigenvalue weighted by atomic mass is 16.5. The van der Waals surface area contributed by atoms with Gasteiger partial charge in [-0.15, -0.1) is 0 Å². The van der Waals surface area contributed by atoms with E-state index < -0.39 is 5.54 Å². The maximum Gasteiger partial charge on any atom is 0.106 e. The summed E-state index contributed by atoms with van der Waals surface area (Å²) in [5, 5.41) is 12.6. The summed E-state index contributed by atoms with van der Waals surface area (Å²) in [6.45, 7) is 9.05. The molecule has 3 nitrogen and oxygen atoms in total. The molecule has 3 atom stereocenters. The summed E-state index contributed by atoms with van der Waals surface area (Å²) < 4.78 is 5.98. The Morgan fingerprint density at radius 2 is 2.06 bits per heavy atom. The quantitative estimate of drug-likeness (QED) is 0.789. The van der Waals surface area contributed by atoms with E-state index in [-0.39, 0.29) is 0 Å². The molecule has 1 saturated carbocycles. The lowest BCUT2D eigenvalue weighted by Gasteiger charge is -2.31. The fraction of sp³-hybridized carbons (Fsp3) is 0.933. The molecule has 1 rings (SSSR count). The van der Waals surface area contributed by atoms with E-state index in [1.165, 1.54) is 25.7 Å². The minimum Gasteiger partial charge on any atom is -0.378 e. The van der Waals surface area contributed by atoms with Crippen molar-refractivity contribution in [2.45, 2.75) is 77.5 Å². The maximum atomic E-state index is 9.26. The lowest BCUT2D eigenvalue weighted by Crippen LogP contribution is -2.46. The summed E-state index contributed by atoms with van der Waals surface area (Å²) >= 11 is 0. The van der Waals surface area contributed by atoms with Gasteiger partial charge in [0.2, 0.25) is 0 Å². The van der Waals surface area contributed by atoms with Crippen molar-refractivity contribution in [2.75, 3.05) is 6.61 Å². The Labute approximate surface area is 112 Å². The van der Waals surface area contributed by atoms with Gasteiger partial charge in [-0.05, 0) is 39.5 Å². The first-order chi connectivity index (χ1) is 8.47. The number of hydrogen-bond donors (Lipinski definition) is 1. The van der Waals surface area contributed by atoms with Crippen LogP contribution in [0.25, 0.3) is 0 Å². The first-order valence-corrected chi connectivity index (χ1v) is 7.27. The largest absolute Gasteiger partial charge is 0.378 e. The number of rotatable bonds is 6. The Bertz CT molecular complexity index is 285. The Hall–Kier alpha value is -0.590. The van der Waals surface area contributed by atoms with E-state index in [4.69, 9.17) is 4.74 Å². The number of ether oxygens (including phenoxy) is 1. The van der Waals surface area contributed by atoms with Crippen LogP contribution in [-0.4, -0.2) is 24.3 Å². The smallest absolute Gasteiger partial charge is 0.106 e. The summed E-state index contributed by atoms with van der Waals surface area (Å²) in [6.07, 6.45) is 6.25. The van der Waals surface area contributed by atoms with Gasteiger partial charge in [0.1, 0.15) is 5.54 Å². The van der Waals surface area contributed by atoms with Crippen molar-refractivity contribution in [1.29, 1.82) is 5.26 Å². The first-order valence-electron chi connectivity index (χ1n) is 7.27. The highest BCUT2D eigenvalue weighted by Gasteiger charge is 2.26. The Balaban J connectivity index is 2.33. The minimum absolute atomic E-state index is 0.322. The molecule has 104 valence electrons. The van der Waals surface area contributed by atoms with Crippen LogP contribution in [0, 0.1) is 17.2 Å². The Morgan fingerprint density at radius 1 is 1.39 bits per heavy atom. The van der Waals surface area contributed by atoms with Crippen LogP contribution in [0.15, 0.2) is 0 Å². The second kappa shape index (κ2) is 7.11. The van der Waals surface area contributed by atoms with Crippen molar-refractivity contribution in [3.63, 3.8) is 0 Å². The highest BCUT2D eigenvalue weighted by Crippen LogP contribution is 2.26. The second-order valence-electron chi connectivity index (χ2n) is 6.16. The lowest BCUT2D eigenvalue weighted by atomic mass is 9.88. The third kappa shape index (κ3) is 4.96. The van der Waals surface area contributed by atoms with Gasteiger partial charge in [-0.2, -0.15) is 5.26 Å². The average Bonchev–Trinajstić information content (AvgIpc) is 2.31. The molecule has 0 aliphatic heterocycles. The molecule has 0 heterocycles. The predicted molar refractivity (Wildman–Crippen MR) is 74.3 cm³/mol. The van der Waals surface area contributed by atoms with Crippen molar-refractivity contribution in [3.8, 4) is 6.07 Å². The van der Waals surface area contributed by atoms with Crippen LogP contribution < -0.4 is 5.32 Å². The van der Waals surface area contributed by atoms with Gasteiger partial charge in [0.15, 0.2) is 0 Å². The summed E-state index contributed by atoms with van der Waals surface area (Å²) in [5.41, 5.74) is -0.466. The predicted octanol–water partition coefficient (Wildman–Crippen LogP) is 3.25. The molecule has 0 aromatic carbocycles. The van der Waals surface area contributed by atoms with Crippen molar-refractivity contribution in [1.82, 2.24) is 5.32 Å². The van der Waals surface area contributed by atoms with Crippen molar-refractivity contribution in [2.24, 2.45) is 5.92 Å². The molecule has 0 radical (unpaired) electrons. The zero-order chi connectivity index (χ0) is 13.6. The maximum absolute atomic E-state index is 9.26. The van der Waals surface area contributed by atoms with E-state index in [2.05, 4.69) is 32.2 Å². The standard InChI is InChI=1S/C15H28N2O/c1-12(2)17-15(4,11-16)9-10-18-14-8-6-5-7-13(14)3/h12-14,17H,5-10H2,1-4H3. The molecule has 18 heavy (non-hydrogen) atoms. The molecule has 1 N–H and O–H groups in total. The SMILES string of the molecule is CC(C)NC(C)(C#N)CCOC1CCCCC1C. The second-order valence-corrected chi connectivity index (χ2v) is 6.16. The summed E-state index contributed by atoms with van der Waals surface area (Å²) in [4.78, 5) is 0. The summed E-state index contributed by atoms with van der Waals surface area (Å²) in [7, 11) is 0. The minimum atomic E-state index is -0.466. The highest BCUT2D eigenvalue weighted by molar-refractivity contribution is 5.04. The van der Waals surface area contributed by atoms with Crippen LogP contribution in [0.1, 0.15) is 59.8 Å². The average molecular weight is 252 g/mol. The normalized spacial score (nSPS) is 27.8. The number of hydrogen-bond acceptors (Lipinski definition) is 3. The van der Waals surface area contributed by atoms with E-state index in [1.54, 1.807) is 0 Å². The van der Waals surface area contributed by atoms with Crippen LogP contribution in [0.3, 0.4) is 0 Å². The van der Waals surface area contributed by atoms with E-state index in [1.807, 2.05) is 6.92 Å². The van der Waals surface area contributed by atoms with Crippen LogP contribution >= 0.6 is 0 Å². The van der Waals surface area contributed by atoms with E-state index in [0.29, 0.717) is 24.7 Å². The van der Waals surface area contributed by atoms with Gasteiger partial charge in [-0.25, -0.2) is 0 Å². The van der Waals surface area contributed by atoms with Crippen LogP contribution in [0.5, 0.6) is 0 Å². The molecule has 1 aliphatic rings. The lowest BCUT2D eigenvalue weighted by molar-refractivity contribution is -0.0110. The third-order valence-corrected chi connectivity index (χ3v) is 3.82. The molecular formula is C15H28N2O. The van der Waals surface area contributed by atoms with Crippen molar-refractivity contribution in [3.05, 3.63) is 0 Å². The summed E-state index contributed by atoms with van der Waals surface area (Å²) in [5.74, 6) is 0.671. The molecule has 0 aromatic heterocycles. The zero-order valence-corrected chi connectivity index (χ0v) is 12.3. The molecule has 0 saturated heterocycles. The molecular weight excluding hydrogens is 224 g/mol. The Morgan fingerprint density at radius 3 is 2.61 bits per heavy atom. The first kappa shape index (κ1) is 15.5. The molecule has 1 fully saturated rings. The zero-order valence-electron chi connectivity index (χ0n) is 12.3. The van der Waals surface area contributed by atoms with Gasteiger partial charge < -0.3 is 4.74 Å². The number of nitrogens with one attached hydrogen (secondary N) is 1. The van der Waals surface area contributed by atoms with Gasteiger partial charge in [0.25, 0.3) is 0 Å². The van der Waals surface area contributed by atoms with Gasteiger partial charge in [-0.3, -0.25) is 5.32 Å². The van der Waals surface area contributed by atoms with Crippen molar-refractivity contribution >= 4 is 0 Å². The van der Waals surface area contributed by atoms with Gasteiger partial charge in [0, 0.05) is 19.1 Å². The van der Waals surface area contributed by atoms with E-state index in [9.17, 15) is 5.26 Å². The van der Waals surface area contributed by atoms with Gasteiger partial charge in [-0.1, -0.05) is 19.8 Å². The molecule has 0 bridgehead atoms. The monoisotopic (exact) mass is 252 g/mol. The number of nitrogens with zero attached hydrogens (tertiary/aromatic N) is 1. The van der Waals surface area contributed by atoms with Crippen molar-refractivity contribution < 1.29 is 4.74 Å². The topological polar surface area (TPSA) is 45.0 Å². The molecule has 0 spiro atoms. The molecule has 0 amide bonds. The fourth-order valence-electron chi connectivity index (χ4n) is 2.74. The van der Waals surface area contributed by atoms with Crippen LogP contribution in [0.4, 0.5) is 0 Å². The number of nitriles is 1. The fourth-order valence-corrected chi connectivity index (χ4v) is 2.74. The molecule has 1 aliphatic carbocycles. The van der Waals surface area contributed by atoms with Gasteiger partial charge >= 0.3 is 0 Å². The molecule has 3 heteroatoms. The van der Waals surface area contributed by atoms with Crippen LogP contribution in [-0.2, 0) is 4.74 Å². The molecule has 0 aromatic rings. The molecule has 3 unspecified atom stereocenters. The summed E-state index contributed by atoms with van der Waals surface area (Å²) in [6, 6.07) is 2.69. The van der Waals surface area contributed by atoms with Crippen LogP contribution in [0.2, 0.25) is 0 Å². The van der Waals surface area contributed by atoms with E-state index in [0.717, 1.165) is 6.42 Å².